The Bertz CT molecular complexity index is 920. The number of anilines is 2. The number of aromatic nitrogens is 2. The number of hydrogen-bond donors (Lipinski definition) is 3. The van der Waals surface area contributed by atoms with Gasteiger partial charge in [0.1, 0.15) is 11.6 Å². The van der Waals surface area contributed by atoms with E-state index in [1.54, 1.807) is 6.92 Å². The summed E-state index contributed by atoms with van der Waals surface area (Å²) in [5, 5.41) is 2.98. The molecule has 0 fully saturated rings. The number of allylic oxidation sites excluding steroid dienone is 1. The Morgan fingerprint density at radius 1 is 1.42 bits per heavy atom. The highest BCUT2D eigenvalue weighted by atomic mass is 79.9. The second kappa shape index (κ2) is 6.12. The molecule has 0 radical (unpaired) electrons. The summed E-state index contributed by atoms with van der Waals surface area (Å²) in [4.78, 5) is 30.4. The minimum atomic E-state index is -0.555. The van der Waals surface area contributed by atoms with E-state index in [1.807, 2.05) is 24.3 Å². The van der Waals surface area contributed by atoms with Crippen LogP contribution in [0.2, 0.25) is 0 Å². The average molecular weight is 391 g/mol. The molecule has 1 aliphatic heterocycles. The number of nitrogens with two attached hydrogens (primary N) is 1. The third-order valence-corrected chi connectivity index (χ3v) is 4.37. The van der Waals surface area contributed by atoms with Crippen LogP contribution in [0, 0.1) is 0 Å². The van der Waals surface area contributed by atoms with Crippen LogP contribution in [0.4, 0.5) is 11.6 Å². The van der Waals surface area contributed by atoms with Crippen LogP contribution in [0.5, 0.6) is 0 Å². The molecule has 7 nitrogen and oxygen atoms in total. The topological polar surface area (TPSA) is 110 Å². The van der Waals surface area contributed by atoms with Crippen molar-refractivity contribution in [2.75, 3.05) is 18.2 Å². The molecule has 1 aromatic carbocycles. The molecule has 0 amide bonds. The summed E-state index contributed by atoms with van der Waals surface area (Å²) in [6.07, 6.45) is 0. The Labute approximate surface area is 146 Å². The molecule has 0 aliphatic carbocycles. The maximum absolute atomic E-state index is 12.4. The zero-order valence-corrected chi connectivity index (χ0v) is 14.6. The molecule has 4 N–H and O–H groups in total. The second-order valence-corrected chi connectivity index (χ2v) is 6.28. The first-order valence-corrected chi connectivity index (χ1v) is 7.93. The Morgan fingerprint density at radius 3 is 2.83 bits per heavy atom. The number of halogens is 1. The van der Waals surface area contributed by atoms with Crippen molar-refractivity contribution in [3.05, 3.63) is 61.6 Å². The summed E-state index contributed by atoms with van der Waals surface area (Å²) in [6, 6.07) is 7.51. The van der Waals surface area contributed by atoms with E-state index >= 15 is 0 Å². The minimum Gasteiger partial charge on any atom is -0.466 e. The van der Waals surface area contributed by atoms with Crippen molar-refractivity contribution in [2.24, 2.45) is 0 Å². The molecule has 1 aromatic heterocycles. The lowest BCUT2D eigenvalue weighted by atomic mass is 9.82. The van der Waals surface area contributed by atoms with Gasteiger partial charge in [0.05, 0.1) is 18.6 Å². The molecule has 0 spiro atoms. The lowest BCUT2D eigenvalue weighted by Crippen LogP contribution is -2.28. The monoisotopic (exact) mass is 390 g/mol. The predicted octanol–water partition coefficient (Wildman–Crippen LogP) is 2.12. The van der Waals surface area contributed by atoms with Crippen LogP contribution in [0.3, 0.4) is 0 Å². The van der Waals surface area contributed by atoms with Gasteiger partial charge in [0.2, 0.25) is 0 Å². The molecule has 0 saturated carbocycles. The van der Waals surface area contributed by atoms with E-state index in [0.717, 1.165) is 10.0 Å². The van der Waals surface area contributed by atoms with Gasteiger partial charge in [0, 0.05) is 15.7 Å². The van der Waals surface area contributed by atoms with Gasteiger partial charge in [0.15, 0.2) is 0 Å². The van der Waals surface area contributed by atoms with E-state index in [4.69, 9.17) is 10.5 Å². The van der Waals surface area contributed by atoms with Gasteiger partial charge in [-0.15, -0.1) is 0 Å². The molecule has 1 unspecified atom stereocenters. The number of nitrogen functional groups attached to an aromatic ring is 1. The lowest BCUT2D eigenvalue weighted by molar-refractivity contribution is -0.136. The van der Waals surface area contributed by atoms with Gasteiger partial charge in [-0.2, -0.15) is 4.98 Å². The number of H-pyrrole nitrogens is 1. The number of benzene rings is 1. The van der Waals surface area contributed by atoms with E-state index in [1.165, 1.54) is 7.11 Å². The average Bonchev–Trinajstić information content (AvgIpc) is 2.52. The van der Waals surface area contributed by atoms with Crippen molar-refractivity contribution >= 4 is 33.5 Å². The summed E-state index contributed by atoms with van der Waals surface area (Å²) in [5.74, 6) is -0.473. The molecule has 3 rings (SSSR count). The van der Waals surface area contributed by atoms with Crippen LogP contribution in [0.25, 0.3) is 0 Å². The standard InChI is InChI=1S/C16H15BrN4O3/c1-7-10(15(22)24-2)11(8-4-3-5-9(17)6-8)12-13(18)20-16(23)21-14(12)19-7/h3-6,11H,1-2H3,(H4,18,19,20,21,23). The fourth-order valence-corrected chi connectivity index (χ4v) is 3.31. The number of esters is 1. The molecule has 1 aliphatic rings. The molecule has 2 heterocycles. The van der Waals surface area contributed by atoms with Crippen molar-refractivity contribution in [3.8, 4) is 0 Å². The lowest BCUT2D eigenvalue weighted by Gasteiger charge is -2.29. The van der Waals surface area contributed by atoms with Crippen LogP contribution in [0.15, 0.2) is 44.8 Å². The first-order chi connectivity index (χ1) is 11.4. The number of hydrogen-bond acceptors (Lipinski definition) is 6. The van der Waals surface area contributed by atoms with Gasteiger partial charge in [-0.25, -0.2) is 9.59 Å². The summed E-state index contributed by atoms with van der Waals surface area (Å²) in [7, 11) is 1.32. The molecule has 24 heavy (non-hydrogen) atoms. The molecular formula is C16H15BrN4O3. The number of carbonyl (C=O) groups excluding carboxylic acids is 1. The van der Waals surface area contributed by atoms with Crippen molar-refractivity contribution < 1.29 is 9.53 Å². The molecule has 8 heteroatoms. The van der Waals surface area contributed by atoms with Gasteiger partial charge in [-0.05, 0) is 24.6 Å². The maximum Gasteiger partial charge on any atom is 0.348 e. The molecule has 0 bridgehead atoms. The normalized spacial score (nSPS) is 16.4. The van der Waals surface area contributed by atoms with Crippen molar-refractivity contribution in [1.82, 2.24) is 9.97 Å². The number of ether oxygens (including phenoxy) is 1. The van der Waals surface area contributed by atoms with Gasteiger partial charge in [-0.3, -0.25) is 4.98 Å². The molecule has 0 saturated heterocycles. The van der Waals surface area contributed by atoms with E-state index in [9.17, 15) is 9.59 Å². The Balaban J connectivity index is 2.32. The zero-order valence-electron chi connectivity index (χ0n) is 13.0. The summed E-state index contributed by atoms with van der Waals surface area (Å²) < 4.78 is 5.80. The van der Waals surface area contributed by atoms with Gasteiger partial charge < -0.3 is 15.8 Å². The van der Waals surface area contributed by atoms with Crippen molar-refractivity contribution in [2.45, 2.75) is 12.8 Å². The van der Waals surface area contributed by atoms with Crippen LogP contribution in [-0.4, -0.2) is 23.0 Å². The maximum atomic E-state index is 12.4. The zero-order chi connectivity index (χ0) is 17.4. The van der Waals surface area contributed by atoms with Crippen molar-refractivity contribution in [1.29, 1.82) is 0 Å². The highest BCUT2D eigenvalue weighted by Gasteiger charge is 2.35. The Morgan fingerprint density at radius 2 is 2.17 bits per heavy atom. The smallest absolute Gasteiger partial charge is 0.348 e. The summed E-state index contributed by atoms with van der Waals surface area (Å²) in [5.41, 5.74) is 7.83. The Kier molecular flexibility index (Phi) is 4.15. The van der Waals surface area contributed by atoms with Gasteiger partial charge in [0.25, 0.3) is 0 Å². The third-order valence-electron chi connectivity index (χ3n) is 3.87. The van der Waals surface area contributed by atoms with Gasteiger partial charge >= 0.3 is 11.7 Å². The number of nitrogens with one attached hydrogen (secondary N) is 2. The van der Waals surface area contributed by atoms with Gasteiger partial charge in [-0.1, -0.05) is 28.1 Å². The Hall–Kier alpha value is -2.61. The molecule has 1 atom stereocenters. The third kappa shape index (κ3) is 2.69. The highest BCUT2D eigenvalue weighted by Crippen LogP contribution is 2.43. The van der Waals surface area contributed by atoms with E-state index in [0.29, 0.717) is 22.7 Å². The summed E-state index contributed by atoms with van der Waals surface area (Å²) in [6.45, 7) is 1.74. The van der Waals surface area contributed by atoms with E-state index in [2.05, 4.69) is 31.2 Å². The van der Waals surface area contributed by atoms with E-state index < -0.39 is 17.6 Å². The number of carbonyl (C=O) groups is 1. The number of rotatable bonds is 2. The van der Waals surface area contributed by atoms with E-state index in [-0.39, 0.29) is 5.82 Å². The first kappa shape index (κ1) is 16.3. The summed E-state index contributed by atoms with van der Waals surface area (Å²) >= 11 is 3.44. The predicted molar refractivity (Wildman–Crippen MR) is 93.6 cm³/mol. The van der Waals surface area contributed by atoms with Crippen LogP contribution in [-0.2, 0) is 9.53 Å². The fourth-order valence-electron chi connectivity index (χ4n) is 2.89. The minimum absolute atomic E-state index is 0.163. The second-order valence-electron chi connectivity index (χ2n) is 5.36. The van der Waals surface area contributed by atoms with Crippen LogP contribution >= 0.6 is 15.9 Å². The van der Waals surface area contributed by atoms with Crippen LogP contribution in [0.1, 0.15) is 24.0 Å². The number of methoxy groups -OCH3 is 1. The largest absolute Gasteiger partial charge is 0.466 e. The first-order valence-electron chi connectivity index (χ1n) is 7.13. The SMILES string of the molecule is COC(=O)C1=C(C)Nc2nc(=O)[nH]c(N)c2C1c1cccc(Br)c1. The number of aromatic amines is 1. The number of fused-ring (bicyclic) bond motifs is 1. The highest BCUT2D eigenvalue weighted by molar-refractivity contribution is 9.10. The molecule has 2 aromatic rings. The van der Waals surface area contributed by atoms with Crippen molar-refractivity contribution in [3.63, 3.8) is 0 Å². The molecular weight excluding hydrogens is 376 g/mol. The quantitative estimate of drug-likeness (QED) is 0.677. The molecule has 124 valence electrons. The number of nitrogens with zero attached hydrogens (tertiary/aromatic N) is 1. The van der Waals surface area contributed by atoms with Crippen LogP contribution < -0.4 is 16.7 Å². The fraction of sp³-hybridized carbons (Fsp3) is 0.188.